The van der Waals surface area contributed by atoms with Gasteiger partial charge in [0.25, 0.3) is 0 Å². The molecule has 0 unspecified atom stereocenters. The molecule has 0 radical (unpaired) electrons. The summed E-state index contributed by atoms with van der Waals surface area (Å²) in [6.07, 6.45) is -0.976. The Kier molecular flexibility index (Phi) is 3.52. The van der Waals surface area contributed by atoms with Gasteiger partial charge in [0, 0.05) is 1.37 Å². The third-order valence-electron chi connectivity index (χ3n) is 1.42. The van der Waals surface area contributed by atoms with Crippen LogP contribution in [0.15, 0.2) is 0 Å². The average molecular weight is 220 g/mol. The second-order valence-electron chi connectivity index (χ2n) is 4.17. The highest BCUT2D eigenvalue weighted by Gasteiger charge is 2.35. The molecule has 1 atom stereocenters. The summed E-state index contributed by atoms with van der Waals surface area (Å²) in [5, 5.41) is 19.7. The highest BCUT2D eigenvalue weighted by Crippen LogP contribution is 2.09. The van der Waals surface area contributed by atoms with Gasteiger partial charge in [0.15, 0.2) is 5.54 Å². The lowest BCUT2D eigenvalue weighted by atomic mass is 10.1. The van der Waals surface area contributed by atoms with E-state index in [1.165, 1.54) is 0 Å². The summed E-state index contributed by atoms with van der Waals surface area (Å²) < 4.78 is 11.9. The van der Waals surface area contributed by atoms with Crippen molar-refractivity contribution < 1.29 is 25.9 Å². The average Bonchev–Trinajstić information content (AvgIpc) is 2.10. The Bertz CT molecular complexity index is 270. The van der Waals surface area contributed by atoms with E-state index in [-0.39, 0.29) is 0 Å². The van der Waals surface area contributed by atoms with Gasteiger partial charge in [-0.15, -0.1) is 0 Å². The number of rotatable bonds is 3. The molecule has 6 nitrogen and oxygen atoms in total. The smallest absolute Gasteiger partial charge is 0.408 e. The van der Waals surface area contributed by atoms with Crippen LogP contribution >= 0.6 is 0 Å². The Labute approximate surface area is 89.6 Å². The molecule has 0 fully saturated rings. The van der Waals surface area contributed by atoms with Crippen molar-refractivity contribution in [3.05, 3.63) is 0 Å². The van der Waals surface area contributed by atoms with E-state index < -0.39 is 36.7 Å². The van der Waals surface area contributed by atoms with Gasteiger partial charge < -0.3 is 20.3 Å². The molecule has 0 bridgehead atoms. The first kappa shape index (κ1) is 11.8. The molecule has 0 saturated carbocycles. The number of carbonyl (C=O) groups excluding carboxylic acids is 1. The zero-order valence-electron chi connectivity index (χ0n) is 10.0. The van der Waals surface area contributed by atoms with Crippen LogP contribution in [-0.4, -0.2) is 40.0 Å². The SMILES string of the molecule is [2H]C[C@@](CO)(NC(=O)OC(C)(C)C)C(=O)O. The van der Waals surface area contributed by atoms with Crippen molar-refractivity contribution in [2.24, 2.45) is 0 Å². The lowest BCUT2D eigenvalue weighted by molar-refractivity contribution is -0.145. The van der Waals surface area contributed by atoms with Crippen molar-refractivity contribution in [1.82, 2.24) is 5.32 Å². The van der Waals surface area contributed by atoms with Crippen LogP contribution in [0.1, 0.15) is 29.0 Å². The van der Waals surface area contributed by atoms with E-state index in [1.54, 1.807) is 20.8 Å². The normalized spacial score (nSPS) is 16.1. The fourth-order valence-corrected chi connectivity index (χ4v) is 0.660. The van der Waals surface area contributed by atoms with E-state index in [0.717, 1.165) is 0 Å². The molecule has 0 aromatic heterocycles. The van der Waals surface area contributed by atoms with Gasteiger partial charge in [0.2, 0.25) is 0 Å². The van der Waals surface area contributed by atoms with Crippen LogP contribution in [0.25, 0.3) is 0 Å². The van der Waals surface area contributed by atoms with Gasteiger partial charge >= 0.3 is 12.1 Å². The van der Waals surface area contributed by atoms with E-state index in [2.05, 4.69) is 0 Å². The first-order chi connectivity index (χ1) is 7.17. The molecule has 0 spiro atoms. The molecule has 88 valence electrons. The Morgan fingerprint density at radius 3 is 2.27 bits per heavy atom. The number of nitrogens with one attached hydrogen (secondary N) is 1. The molecular weight excluding hydrogens is 202 g/mol. The number of carboxylic acids is 1. The van der Waals surface area contributed by atoms with Crippen LogP contribution in [-0.2, 0) is 9.53 Å². The van der Waals surface area contributed by atoms with Crippen molar-refractivity contribution in [1.29, 1.82) is 0 Å². The predicted molar refractivity (Wildman–Crippen MR) is 52.5 cm³/mol. The summed E-state index contributed by atoms with van der Waals surface area (Å²) in [6.45, 7) is 3.31. The van der Waals surface area contributed by atoms with Crippen molar-refractivity contribution in [2.45, 2.75) is 38.8 Å². The third kappa shape index (κ3) is 4.64. The molecule has 0 rings (SSSR count). The Balaban J connectivity index is 4.66. The topological polar surface area (TPSA) is 95.9 Å². The molecule has 0 aliphatic rings. The Morgan fingerprint density at radius 1 is 1.47 bits per heavy atom. The lowest BCUT2D eigenvalue weighted by Gasteiger charge is -2.26. The second kappa shape index (κ2) is 4.48. The quantitative estimate of drug-likeness (QED) is 0.637. The molecule has 0 aliphatic carbocycles. The minimum Gasteiger partial charge on any atom is -0.479 e. The van der Waals surface area contributed by atoms with E-state index >= 15 is 0 Å². The predicted octanol–water partition coefficient (Wildman–Crippen LogP) is 0.347. The largest absolute Gasteiger partial charge is 0.479 e. The molecule has 1 amide bonds. The Hall–Kier alpha value is -1.30. The summed E-state index contributed by atoms with van der Waals surface area (Å²) in [5.74, 6) is -1.48. The van der Waals surface area contributed by atoms with Gasteiger partial charge in [-0.05, 0) is 27.7 Å². The monoisotopic (exact) mass is 220 g/mol. The first-order valence-corrected chi connectivity index (χ1v) is 4.31. The van der Waals surface area contributed by atoms with E-state index in [1.807, 2.05) is 5.32 Å². The van der Waals surface area contributed by atoms with Crippen LogP contribution in [0.2, 0.25) is 0 Å². The molecule has 0 aromatic carbocycles. The summed E-state index contributed by atoms with van der Waals surface area (Å²) in [5.41, 5.74) is -2.78. The highest BCUT2D eigenvalue weighted by molar-refractivity contribution is 5.84. The fraction of sp³-hybridized carbons (Fsp3) is 0.778. The number of carbonyl (C=O) groups is 2. The lowest BCUT2D eigenvalue weighted by Crippen LogP contribution is -2.55. The van der Waals surface area contributed by atoms with Crippen molar-refractivity contribution in [3.8, 4) is 0 Å². The zero-order chi connectivity index (χ0) is 13.0. The number of amides is 1. The number of carboxylic acid groups (broad SMARTS) is 1. The van der Waals surface area contributed by atoms with Gasteiger partial charge in [-0.25, -0.2) is 9.59 Å². The van der Waals surface area contributed by atoms with E-state index in [9.17, 15) is 9.59 Å². The van der Waals surface area contributed by atoms with Gasteiger partial charge in [-0.1, -0.05) is 0 Å². The molecule has 15 heavy (non-hydrogen) atoms. The standard InChI is InChI=1S/C9H17NO5/c1-8(2,3)15-7(14)10-9(4,5-11)6(12)13/h11H,5H2,1-4H3,(H,10,14)(H,12,13)/t9-/m0/s1/i4D. The first-order valence-electron chi connectivity index (χ1n) is 5.02. The van der Waals surface area contributed by atoms with Crippen LogP contribution in [0, 0.1) is 0 Å². The maximum absolute atomic E-state index is 11.3. The van der Waals surface area contributed by atoms with Gasteiger partial charge in [0.1, 0.15) is 5.60 Å². The summed E-state index contributed by atoms with van der Waals surface area (Å²) in [7, 11) is 0. The highest BCUT2D eigenvalue weighted by atomic mass is 16.6. The van der Waals surface area contributed by atoms with Gasteiger partial charge in [-0.2, -0.15) is 0 Å². The molecule has 0 aromatic rings. The molecule has 0 saturated heterocycles. The van der Waals surface area contributed by atoms with Gasteiger partial charge in [-0.3, -0.25) is 0 Å². The molecular formula is C9H17NO5. The van der Waals surface area contributed by atoms with E-state index in [0.29, 0.717) is 0 Å². The zero-order valence-corrected chi connectivity index (χ0v) is 9.03. The second-order valence-corrected chi connectivity index (χ2v) is 4.17. The maximum Gasteiger partial charge on any atom is 0.408 e. The van der Waals surface area contributed by atoms with Crippen molar-refractivity contribution in [2.75, 3.05) is 6.61 Å². The molecule has 6 heteroatoms. The summed E-state index contributed by atoms with van der Waals surface area (Å²) in [4.78, 5) is 22.1. The van der Waals surface area contributed by atoms with Gasteiger partial charge in [0.05, 0.1) is 6.61 Å². The van der Waals surface area contributed by atoms with Crippen LogP contribution in [0.3, 0.4) is 0 Å². The number of alkyl carbamates (subject to hydrolysis) is 1. The molecule has 0 aliphatic heterocycles. The minimum absolute atomic E-state index is 0.682. The Morgan fingerprint density at radius 2 is 2.00 bits per heavy atom. The summed E-state index contributed by atoms with van der Waals surface area (Å²) >= 11 is 0. The number of hydrogen-bond donors (Lipinski definition) is 3. The number of ether oxygens (including phenoxy) is 1. The fourth-order valence-electron chi connectivity index (χ4n) is 0.660. The number of aliphatic hydroxyl groups excluding tert-OH is 1. The maximum atomic E-state index is 11.3. The number of aliphatic carboxylic acids is 1. The third-order valence-corrected chi connectivity index (χ3v) is 1.42. The van der Waals surface area contributed by atoms with Crippen LogP contribution in [0.4, 0.5) is 4.79 Å². The van der Waals surface area contributed by atoms with Crippen LogP contribution < -0.4 is 5.32 Å². The van der Waals surface area contributed by atoms with Crippen LogP contribution in [0.5, 0.6) is 0 Å². The number of aliphatic hydroxyl groups is 1. The van der Waals surface area contributed by atoms with Crippen molar-refractivity contribution in [3.63, 3.8) is 0 Å². The van der Waals surface area contributed by atoms with E-state index in [4.69, 9.17) is 16.3 Å². The summed E-state index contributed by atoms with van der Waals surface area (Å²) in [6, 6.07) is 0. The van der Waals surface area contributed by atoms with Crippen molar-refractivity contribution >= 4 is 12.1 Å². The number of hydrogen-bond acceptors (Lipinski definition) is 4. The molecule has 0 heterocycles. The molecule has 3 N–H and O–H groups in total. The minimum atomic E-state index is -2.01.